The third-order valence-electron chi connectivity index (χ3n) is 3.21. The Morgan fingerprint density at radius 3 is 2.41 bits per heavy atom. The van der Waals surface area contributed by atoms with Crippen molar-refractivity contribution < 1.29 is 9.84 Å². The Morgan fingerprint density at radius 2 is 1.94 bits per heavy atom. The minimum absolute atomic E-state index is 0.113. The van der Waals surface area contributed by atoms with E-state index in [1.54, 1.807) is 0 Å². The third kappa shape index (κ3) is 4.36. The lowest BCUT2D eigenvalue weighted by molar-refractivity contribution is 0.151. The zero-order valence-electron chi connectivity index (χ0n) is 11.0. The van der Waals surface area contributed by atoms with Gasteiger partial charge in [-0.1, -0.05) is 19.1 Å². The molecular weight excluding hydrogens is 214 g/mol. The maximum atomic E-state index is 9.23. The lowest BCUT2D eigenvalue weighted by Gasteiger charge is -2.26. The molecule has 1 unspecified atom stereocenters. The Labute approximate surface area is 104 Å². The van der Waals surface area contributed by atoms with Crippen LogP contribution in [-0.2, 0) is 6.42 Å². The molecular formula is C14H23NO2. The predicted octanol–water partition coefficient (Wildman–Crippen LogP) is 1.99. The highest BCUT2D eigenvalue weighted by Crippen LogP contribution is 2.14. The van der Waals surface area contributed by atoms with E-state index < -0.39 is 0 Å². The van der Waals surface area contributed by atoms with Gasteiger partial charge in [0.05, 0.1) is 13.2 Å². The van der Waals surface area contributed by atoms with Crippen LogP contribution in [0.15, 0.2) is 24.3 Å². The number of hydrogen-bond donors (Lipinski definition) is 2. The van der Waals surface area contributed by atoms with Crippen molar-refractivity contribution in [2.75, 3.05) is 20.3 Å². The molecule has 0 saturated carbocycles. The summed E-state index contributed by atoms with van der Waals surface area (Å²) in [6.45, 7) is 4.83. The van der Waals surface area contributed by atoms with Crippen molar-refractivity contribution in [3.63, 3.8) is 0 Å². The van der Waals surface area contributed by atoms with E-state index in [0.29, 0.717) is 6.61 Å². The van der Waals surface area contributed by atoms with Crippen LogP contribution in [0.4, 0.5) is 0 Å². The second kappa shape index (κ2) is 6.62. The molecule has 0 heterocycles. The predicted molar refractivity (Wildman–Crippen MR) is 70.5 cm³/mol. The molecule has 1 rings (SSSR count). The molecule has 0 saturated heterocycles. The fraction of sp³-hybridized carbons (Fsp3) is 0.571. The molecule has 2 N–H and O–H groups in total. The van der Waals surface area contributed by atoms with E-state index in [2.05, 4.69) is 24.4 Å². The molecule has 96 valence electrons. The van der Waals surface area contributed by atoms with E-state index in [-0.39, 0.29) is 12.1 Å². The first-order valence-corrected chi connectivity index (χ1v) is 6.15. The summed E-state index contributed by atoms with van der Waals surface area (Å²) in [4.78, 5) is 0. The largest absolute Gasteiger partial charge is 0.494 e. The van der Waals surface area contributed by atoms with Gasteiger partial charge in [-0.3, -0.25) is 0 Å². The highest BCUT2D eigenvalue weighted by Gasteiger charge is 2.20. The topological polar surface area (TPSA) is 41.5 Å². The van der Waals surface area contributed by atoms with Crippen molar-refractivity contribution in [3.05, 3.63) is 29.8 Å². The first-order valence-electron chi connectivity index (χ1n) is 6.15. The average molecular weight is 237 g/mol. The van der Waals surface area contributed by atoms with Gasteiger partial charge in [0.1, 0.15) is 5.75 Å². The number of nitrogens with one attached hydrogen (secondary N) is 1. The van der Waals surface area contributed by atoms with Gasteiger partial charge in [-0.05, 0) is 38.1 Å². The maximum Gasteiger partial charge on any atom is 0.119 e. The Morgan fingerprint density at radius 1 is 1.29 bits per heavy atom. The number of ether oxygens (including phenoxy) is 1. The van der Waals surface area contributed by atoms with Crippen molar-refractivity contribution in [1.82, 2.24) is 5.32 Å². The highest BCUT2D eigenvalue weighted by molar-refractivity contribution is 5.27. The number of aryl methyl sites for hydroxylation is 1. The zero-order chi connectivity index (χ0) is 12.7. The van der Waals surface area contributed by atoms with Crippen molar-refractivity contribution in [1.29, 1.82) is 0 Å². The Bertz CT molecular complexity index is 317. The summed E-state index contributed by atoms with van der Waals surface area (Å²) < 4.78 is 5.65. The van der Waals surface area contributed by atoms with Crippen LogP contribution in [0, 0.1) is 0 Å². The molecule has 0 radical (unpaired) electrons. The van der Waals surface area contributed by atoms with E-state index in [1.807, 2.05) is 26.1 Å². The quantitative estimate of drug-likeness (QED) is 0.762. The van der Waals surface area contributed by atoms with Crippen molar-refractivity contribution in [2.45, 2.75) is 32.2 Å². The average Bonchev–Trinajstić information content (AvgIpc) is 2.39. The van der Waals surface area contributed by atoms with Crippen LogP contribution in [0.5, 0.6) is 5.75 Å². The molecule has 0 bridgehead atoms. The number of aliphatic hydroxyl groups is 1. The van der Waals surface area contributed by atoms with E-state index >= 15 is 0 Å². The normalized spacial score (nSPS) is 14.4. The number of hydrogen-bond acceptors (Lipinski definition) is 3. The van der Waals surface area contributed by atoms with Crippen LogP contribution in [-0.4, -0.2) is 30.9 Å². The number of benzene rings is 1. The summed E-state index contributed by atoms with van der Waals surface area (Å²) in [6, 6.07) is 8.15. The van der Waals surface area contributed by atoms with E-state index in [4.69, 9.17) is 4.74 Å². The lowest BCUT2D eigenvalue weighted by atomic mass is 10.0. The molecule has 1 aromatic rings. The molecule has 3 heteroatoms. The Kier molecular flexibility index (Phi) is 5.45. The van der Waals surface area contributed by atoms with Gasteiger partial charge in [-0.25, -0.2) is 0 Å². The molecule has 0 aromatic heterocycles. The minimum Gasteiger partial charge on any atom is -0.494 e. The van der Waals surface area contributed by atoms with Gasteiger partial charge in [0, 0.05) is 12.0 Å². The number of likely N-dealkylation sites (N-methyl/N-ethyl adjacent to an activating group) is 1. The summed E-state index contributed by atoms with van der Waals surface area (Å²) in [5.41, 5.74) is 1.05. The fourth-order valence-electron chi connectivity index (χ4n) is 1.50. The van der Waals surface area contributed by atoms with Crippen molar-refractivity contribution >= 4 is 0 Å². The Balaban J connectivity index is 2.40. The lowest BCUT2D eigenvalue weighted by Crippen LogP contribution is -2.44. The summed E-state index contributed by atoms with van der Waals surface area (Å²) in [5, 5.41) is 12.3. The maximum absolute atomic E-state index is 9.23. The minimum atomic E-state index is -0.261. The second-order valence-corrected chi connectivity index (χ2v) is 4.56. The van der Waals surface area contributed by atoms with Crippen LogP contribution in [0.1, 0.15) is 25.8 Å². The van der Waals surface area contributed by atoms with Crippen molar-refractivity contribution in [3.8, 4) is 5.75 Å². The fourth-order valence-corrected chi connectivity index (χ4v) is 1.50. The highest BCUT2D eigenvalue weighted by atomic mass is 16.5. The standard InChI is InChI=1S/C14H23NO2/c1-4-12-5-7-13(8-6-12)17-10-9-14(2,11-16)15-3/h5-8,15-16H,4,9-11H2,1-3H3. The summed E-state index contributed by atoms with van der Waals surface area (Å²) >= 11 is 0. The first kappa shape index (κ1) is 14.0. The molecule has 3 nitrogen and oxygen atoms in total. The summed E-state index contributed by atoms with van der Waals surface area (Å²) in [5.74, 6) is 0.888. The summed E-state index contributed by atoms with van der Waals surface area (Å²) in [7, 11) is 1.85. The van der Waals surface area contributed by atoms with Crippen LogP contribution in [0.2, 0.25) is 0 Å². The van der Waals surface area contributed by atoms with Gasteiger partial charge in [-0.2, -0.15) is 0 Å². The molecule has 0 fully saturated rings. The Hall–Kier alpha value is -1.06. The third-order valence-corrected chi connectivity index (χ3v) is 3.21. The zero-order valence-corrected chi connectivity index (χ0v) is 11.0. The first-order chi connectivity index (χ1) is 8.13. The molecule has 1 atom stereocenters. The van der Waals surface area contributed by atoms with Crippen LogP contribution in [0.3, 0.4) is 0 Å². The van der Waals surface area contributed by atoms with E-state index in [0.717, 1.165) is 18.6 Å². The molecule has 0 spiro atoms. The van der Waals surface area contributed by atoms with Gasteiger partial charge in [-0.15, -0.1) is 0 Å². The van der Waals surface area contributed by atoms with Gasteiger partial charge in [0.25, 0.3) is 0 Å². The van der Waals surface area contributed by atoms with E-state index in [1.165, 1.54) is 5.56 Å². The summed E-state index contributed by atoms with van der Waals surface area (Å²) in [6.07, 6.45) is 1.82. The SMILES string of the molecule is CCc1ccc(OCCC(C)(CO)NC)cc1. The van der Waals surface area contributed by atoms with Crippen LogP contribution >= 0.6 is 0 Å². The smallest absolute Gasteiger partial charge is 0.119 e. The number of aliphatic hydroxyl groups excluding tert-OH is 1. The van der Waals surface area contributed by atoms with Gasteiger partial charge >= 0.3 is 0 Å². The van der Waals surface area contributed by atoms with Gasteiger partial charge < -0.3 is 15.2 Å². The molecule has 0 amide bonds. The molecule has 0 aliphatic carbocycles. The molecule has 0 aliphatic rings. The van der Waals surface area contributed by atoms with Gasteiger partial charge in [0.15, 0.2) is 0 Å². The van der Waals surface area contributed by atoms with Crippen molar-refractivity contribution in [2.24, 2.45) is 0 Å². The van der Waals surface area contributed by atoms with Gasteiger partial charge in [0.2, 0.25) is 0 Å². The number of rotatable bonds is 7. The monoisotopic (exact) mass is 237 g/mol. The molecule has 1 aromatic carbocycles. The molecule has 17 heavy (non-hydrogen) atoms. The molecule has 0 aliphatic heterocycles. The van der Waals surface area contributed by atoms with E-state index in [9.17, 15) is 5.11 Å². The second-order valence-electron chi connectivity index (χ2n) is 4.56. The van der Waals surface area contributed by atoms with Crippen LogP contribution < -0.4 is 10.1 Å². The van der Waals surface area contributed by atoms with Crippen LogP contribution in [0.25, 0.3) is 0 Å².